The van der Waals surface area contributed by atoms with Gasteiger partial charge in [0.1, 0.15) is 11.6 Å². The number of anilines is 1. The molecule has 0 saturated carbocycles. The molecule has 0 atom stereocenters. The number of hydrogen-bond donors (Lipinski definition) is 2. The summed E-state index contributed by atoms with van der Waals surface area (Å²) in [5.74, 6) is 0.810. The molecule has 0 aliphatic rings. The van der Waals surface area contributed by atoms with E-state index in [1.165, 1.54) is 24.5 Å². The van der Waals surface area contributed by atoms with Gasteiger partial charge in [0.25, 0.3) is 6.43 Å². The molecule has 6 nitrogen and oxygen atoms in total. The quantitative estimate of drug-likeness (QED) is 0.859. The molecule has 0 aromatic carbocycles. The molecule has 2 aromatic heterocycles. The zero-order valence-corrected chi connectivity index (χ0v) is 10.9. The lowest BCUT2D eigenvalue weighted by molar-refractivity contribution is 0.0796. The van der Waals surface area contributed by atoms with E-state index in [1.807, 2.05) is 0 Å². The average molecular weight is 297 g/mol. The number of aromatic nitrogens is 1. The molecule has 0 fully saturated rings. The van der Waals surface area contributed by atoms with Gasteiger partial charge in [-0.1, -0.05) is 6.07 Å². The van der Waals surface area contributed by atoms with Crippen LogP contribution in [0, 0.1) is 0 Å². The largest absolute Gasteiger partial charge is 0.472 e. The zero-order chi connectivity index (χ0) is 15.1. The minimum atomic E-state index is -2.58. The second kappa shape index (κ2) is 7.22. The van der Waals surface area contributed by atoms with Crippen LogP contribution in [-0.2, 0) is 6.54 Å². The predicted octanol–water partition coefficient (Wildman–Crippen LogP) is 2.64. The Morgan fingerprint density at radius 3 is 2.90 bits per heavy atom. The summed E-state index contributed by atoms with van der Waals surface area (Å²) in [5, 5.41) is 5.02. The van der Waals surface area contributed by atoms with E-state index in [2.05, 4.69) is 15.6 Å². The molecule has 2 heterocycles. The van der Waals surface area contributed by atoms with Gasteiger partial charge >= 0.3 is 6.03 Å². The van der Waals surface area contributed by atoms with Crippen LogP contribution >= 0.6 is 0 Å². The second-order valence-corrected chi connectivity index (χ2v) is 3.95. The van der Waals surface area contributed by atoms with E-state index in [-0.39, 0.29) is 18.2 Å². The first-order valence-corrected chi connectivity index (χ1v) is 6.09. The van der Waals surface area contributed by atoms with Gasteiger partial charge in [-0.3, -0.25) is 5.32 Å². The summed E-state index contributed by atoms with van der Waals surface area (Å²) in [4.78, 5) is 15.5. The molecule has 0 aliphatic heterocycles. The molecule has 112 valence electrons. The average Bonchev–Trinajstić information content (AvgIpc) is 2.97. The van der Waals surface area contributed by atoms with Crippen LogP contribution in [0.25, 0.3) is 0 Å². The highest BCUT2D eigenvalue weighted by atomic mass is 19.3. The normalized spacial score (nSPS) is 10.4. The third kappa shape index (κ3) is 5.09. The van der Waals surface area contributed by atoms with Crippen molar-refractivity contribution in [1.82, 2.24) is 10.3 Å². The molecule has 0 unspecified atom stereocenters. The van der Waals surface area contributed by atoms with Crippen molar-refractivity contribution in [2.75, 3.05) is 11.9 Å². The van der Waals surface area contributed by atoms with Gasteiger partial charge in [0.05, 0.1) is 12.8 Å². The van der Waals surface area contributed by atoms with Crippen molar-refractivity contribution in [1.29, 1.82) is 0 Å². The van der Waals surface area contributed by atoms with Crippen molar-refractivity contribution < 1.29 is 22.7 Å². The molecular weight excluding hydrogens is 284 g/mol. The van der Waals surface area contributed by atoms with Crippen LogP contribution in [0.4, 0.5) is 19.4 Å². The van der Waals surface area contributed by atoms with E-state index in [0.29, 0.717) is 5.76 Å². The second-order valence-electron chi connectivity index (χ2n) is 3.95. The summed E-state index contributed by atoms with van der Waals surface area (Å²) in [6.07, 6.45) is -1.08. The van der Waals surface area contributed by atoms with Crippen molar-refractivity contribution in [3.8, 4) is 5.88 Å². The Hall–Kier alpha value is -2.64. The molecule has 8 heteroatoms. The summed E-state index contributed by atoms with van der Waals surface area (Å²) in [7, 11) is 0. The number of halogens is 2. The minimum absolute atomic E-state index is 0.0131. The van der Waals surface area contributed by atoms with Gasteiger partial charge in [-0.25, -0.2) is 13.6 Å². The highest BCUT2D eigenvalue weighted by Crippen LogP contribution is 2.12. The van der Waals surface area contributed by atoms with Crippen LogP contribution in [-0.4, -0.2) is 24.0 Å². The van der Waals surface area contributed by atoms with E-state index < -0.39 is 19.1 Å². The monoisotopic (exact) mass is 297 g/mol. The molecule has 0 aliphatic carbocycles. The fourth-order valence-corrected chi connectivity index (χ4v) is 1.45. The summed E-state index contributed by atoms with van der Waals surface area (Å²) in [6.45, 7) is -0.526. The number of alkyl halides is 2. The molecule has 2 N–H and O–H groups in total. The van der Waals surface area contributed by atoms with Gasteiger partial charge < -0.3 is 14.5 Å². The molecule has 2 aromatic rings. The van der Waals surface area contributed by atoms with Crippen LogP contribution in [0.2, 0.25) is 0 Å². The van der Waals surface area contributed by atoms with Crippen LogP contribution in [0.3, 0.4) is 0 Å². The molecule has 0 spiro atoms. The van der Waals surface area contributed by atoms with Gasteiger partial charge in [-0.05, 0) is 18.2 Å². The predicted molar refractivity (Wildman–Crippen MR) is 70.3 cm³/mol. The third-order valence-corrected chi connectivity index (χ3v) is 2.33. The number of furan rings is 1. The van der Waals surface area contributed by atoms with Crippen LogP contribution in [0.5, 0.6) is 5.88 Å². The van der Waals surface area contributed by atoms with Crippen molar-refractivity contribution in [3.05, 3.63) is 42.4 Å². The number of hydrogen-bond acceptors (Lipinski definition) is 4. The van der Waals surface area contributed by atoms with E-state index in [9.17, 15) is 13.6 Å². The van der Waals surface area contributed by atoms with Crippen molar-refractivity contribution in [3.63, 3.8) is 0 Å². The third-order valence-electron chi connectivity index (χ3n) is 2.33. The van der Waals surface area contributed by atoms with E-state index >= 15 is 0 Å². The fraction of sp³-hybridized carbons (Fsp3) is 0.231. The summed E-state index contributed by atoms with van der Waals surface area (Å²) < 4.78 is 33.9. The first kappa shape index (κ1) is 14.8. The molecule has 0 bridgehead atoms. The number of carbonyl (C=O) groups excluding carboxylic acids is 1. The number of pyridine rings is 1. The van der Waals surface area contributed by atoms with Crippen LogP contribution in [0.15, 0.2) is 41.0 Å². The standard InChI is InChI=1S/C13H13F2N3O3/c14-10(15)8-21-12-5-1-4-11(17-12)18-13(19)16-7-9-3-2-6-20-9/h1-6,10H,7-8H2,(H2,16,17,18,19). The SMILES string of the molecule is O=C(NCc1ccco1)Nc1cccc(OCC(F)F)n1. The van der Waals surface area contributed by atoms with Gasteiger partial charge in [0, 0.05) is 6.07 Å². The summed E-state index contributed by atoms with van der Waals surface area (Å²) in [6, 6.07) is 7.41. The topological polar surface area (TPSA) is 76.4 Å². The van der Waals surface area contributed by atoms with Gasteiger partial charge in [-0.2, -0.15) is 4.98 Å². The number of ether oxygens (including phenoxy) is 1. The molecule has 21 heavy (non-hydrogen) atoms. The molecule has 2 amide bonds. The molecule has 0 saturated heterocycles. The van der Waals surface area contributed by atoms with Crippen molar-refractivity contribution in [2.45, 2.75) is 13.0 Å². The molecule has 0 radical (unpaired) electrons. The number of nitrogens with zero attached hydrogens (tertiary/aromatic N) is 1. The lowest BCUT2D eigenvalue weighted by Crippen LogP contribution is -2.28. The Labute approximate surface area is 119 Å². The Morgan fingerprint density at radius 2 is 2.19 bits per heavy atom. The van der Waals surface area contributed by atoms with Crippen LogP contribution < -0.4 is 15.4 Å². The smallest absolute Gasteiger partial charge is 0.320 e. The van der Waals surface area contributed by atoms with E-state index in [4.69, 9.17) is 9.15 Å². The van der Waals surface area contributed by atoms with Gasteiger partial charge in [-0.15, -0.1) is 0 Å². The number of nitrogens with one attached hydrogen (secondary N) is 2. The van der Waals surface area contributed by atoms with E-state index in [0.717, 1.165) is 0 Å². The van der Waals surface area contributed by atoms with E-state index in [1.54, 1.807) is 12.1 Å². The maximum atomic E-state index is 12.0. The van der Waals surface area contributed by atoms with Crippen molar-refractivity contribution in [2.24, 2.45) is 0 Å². The Balaban J connectivity index is 1.84. The minimum Gasteiger partial charge on any atom is -0.472 e. The first-order valence-electron chi connectivity index (χ1n) is 6.09. The maximum absolute atomic E-state index is 12.0. The highest BCUT2D eigenvalue weighted by molar-refractivity contribution is 5.88. The number of carbonyl (C=O) groups is 1. The molecule has 2 rings (SSSR count). The van der Waals surface area contributed by atoms with Gasteiger partial charge in [0.2, 0.25) is 5.88 Å². The lowest BCUT2D eigenvalue weighted by Gasteiger charge is -2.08. The number of amides is 2. The lowest BCUT2D eigenvalue weighted by atomic mass is 10.4. The first-order chi connectivity index (χ1) is 10.1. The summed E-state index contributed by atoms with van der Waals surface area (Å²) in [5.41, 5.74) is 0. The highest BCUT2D eigenvalue weighted by Gasteiger charge is 2.07. The Morgan fingerprint density at radius 1 is 1.33 bits per heavy atom. The maximum Gasteiger partial charge on any atom is 0.320 e. The molecular formula is C13H13F2N3O3. The number of rotatable bonds is 6. The zero-order valence-electron chi connectivity index (χ0n) is 10.9. The van der Waals surface area contributed by atoms with Gasteiger partial charge in [0.15, 0.2) is 6.61 Å². The number of urea groups is 1. The summed E-state index contributed by atoms with van der Waals surface area (Å²) >= 11 is 0. The Kier molecular flexibility index (Phi) is 5.08. The van der Waals surface area contributed by atoms with Crippen LogP contribution in [0.1, 0.15) is 5.76 Å². The fourth-order valence-electron chi connectivity index (χ4n) is 1.45. The Bertz CT molecular complexity index is 576. The van der Waals surface area contributed by atoms with Crippen molar-refractivity contribution >= 4 is 11.8 Å².